The van der Waals surface area contributed by atoms with Crippen LogP contribution in [0.1, 0.15) is 44.1 Å². The maximum atomic E-state index is 10.4. The number of nitrogens with zero attached hydrogens (tertiary/aromatic N) is 2. The Morgan fingerprint density at radius 1 is 0.850 bits per heavy atom. The van der Waals surface area contributed by atoms with Crippen LogP contribution in [-0.4, -0.2) is 16.0 Å². The molecule has 1 aromatic rings. The van der Waals surface area contributed by atoms with Crippen molar-refractivity contribution >= 4 is 0 Å². The summed E-state index contributed by atoms with van der Waals surface area (Å²) in [5.41, 5.74) is 1.31. The van der Waals surface area contributed by atoms with Gasteiger partial charge in [-0.25, -0.2) is 0 Å². The van der Waals surface area contributed by atoms with Gasteiger partial charge < -0.3 is 0 Å². The van der Waals surface area contributed by atoms with Crippen molar-refractivity contribution in [3.63, 3.8) is 0 Å². The maximum absolute atomic E-state index is 10.4. The van der Waals surface area contributed by atoms with E-state index >= 15 is 0 Å². The van der Waals surface area contributed by atoms with Crippen molar-refractivity contribution < 1.29 is 9.85 Å². The van der Waals surface area contributed by atoms with E-state index in [2.05, 4.69) is 12.1 Å². The van der Waals surface area contributed by atoms with Gasteiger partial charge in [-0.15, -0.1) is 0 Å². The van der Waals surface area contributed by atoms with Crippen LogP contribution < -0.4 is 0 Å². The normalized spacial score (nSPS) is 10.7. The van der Waals surface area contributed by atoms with Gasteiger partial charge >= 0.3 is 6.17 Å². The molecule has 1 aromatic carbocycles. The minimum atomic E-state index is -1.64. The lowest BCUT2D eigenvalue weighted by Gasteiger charge is -2.03. The van der Waals surface area contributed by atoms with Crippen LogP contribution in [0.15, 0.2) is 30.3 Å². The standard InChI is InChI=1S/C14H20N2O4/c17-15(18)14(16(19)20)12-8-3-1-2-5-9-13-10-6-4-7-11-13/h4,6-7,10-11,14H,1-3,5,8-9,12H2. The molecule has 0 unspecified atom stereocenters. The topological polar surface area (TPSA) is 86.3 Å². The average Bonchev–Trinajstić information content (AvgIpc) is 2.42. The molecule has 110 valence electrons. The van der Waals surface area contributed by atoms with Crippen LogP contribution in [0.2, 0.25) is 0 Å². The lowest BCUT2D eigenvalue weighted by atomic mass is 10.0. The number of rotatable bonds is 10. The summed E-state index contributed by atoms with van der Waals surface area (Å²) in [6.07, 6.45) is 3.87. The minimum absolute atomic E-state index is 0.0265. The van der Waals surface area contributed by atoms with E-state index in [1.807, 2.05) is 18.2 Å². The van der Waals surface area contributed by atoms with Crippen LogP contribution in [-0.2, 0) is 6.42 Å². The largest absolute Gasteiger partial charge is 0.450 e. The molecule has 6 nitrogen and oxygen atoms in total. The van der Waals surface area contributed by atoms with E-state index in [1.165, 1.54) is 5.56 Å². The summed E-state index contributed by atoms with van der Waals surface area (Å²) in [6, 6.07) is 10.2. The van der Waals surface area contributed by atoms with Gasteiger partial charge in [-0.3, -0.25) is 20.2 Å². The van der Waals surface area contributed by atoms with Gasteiger partial charge in [0.2, 0.25) is 0 Å². The Balaban J connectivity index is 2.05. The Hall–Kier alpha value is -1.98. The van der Waals surface area contributed by atoms with Gasteiger partial charge in [0, 0.05) is 0 Å². The molecule has 0 aliphatic carbocycles. The first-order chi connectivity index (χ1) is 9.61. The highest BCUT2D eigenvalue weighted by Gasteiger charge is 2.30. The van der Waals surface area contributed by atoms with Gasteiger partial charge in [0.25, 0.3) is 0 Å². The van der Waals surface area contributed by atoms with Gasteiger partial charge in [0.1, 0.15) is 0 Å². The highest BCUT2D eigenvalue weighted by atomic mass is 16.7. The highest BCUT2D eigenvalue weighted by molar-refractivity contribution is 5.14. The molecular formula is C14H20N2O4. The van der Waals surface area contributed by atoms with E-state index in [0.717, 1.165) is 32.1 Å². The van der Waals surface area contributed by atoms with E-state index in [-0.39, 0.29) is 6.42 Å². The molecule has 0 aromatic heterocycles. The van der Waals surface area contributed by atoms with Gasteiger partial charge in [-0.05, 0) is 24.8 Å². The second-order valence-corrected chi connectivity index (χ2v) is 4.84. The van der Waals surface area contributed by atoms with E-state index in [9.17, 15) is 20.2 Å². The fraction of sp³-hybridized carbons (Fsp3) is 0.571. The Labute approximate surface area is 118 Å². The van der Waals surface area contributed by atoms with Crippen LogP contribution >= 0.6 is 0 Å². The zero-order chi connectivity index (χ0) is 14.8. The molecule has 0 aliphatic rings. The number of hydrogen-bond donors (Lipinski definition) is 0. The molecular weight excluding hydrogens is 260 g/mol. The molecule has 0 saturated carbocycles. The molecule has 0 bridgehead atoms. The van der Waals surface area contributed by atoms with Crippen molar-refractivity contribution in [1.29, 1.82) is 0 Å². The second kappa shape index (κ2) is 9.01. The third-order valence-electron chi connectivity index (χ3n) is 3.26. The molecule has 0 N–H and O–H groups in total. The van der Waals surface area contributed by atoms with Crippen molar-refractivity contribution in [2.24, 2.45) is 0 Å². The summed E-state index contributed by atoms with van der Waals surface area (Å²) in [5.74, 6) is 0. The SMILES string of the molecule is O=[N+]([O-])C(CCCCCCCc1ccccc1)[N+](=O)[O-]. The number of aryl methyl sites for hydroxylation is 1. The Bertz CT molecular complexity index is 408. The van der Waals surface area contributed by atoms with Crippen molar-refractivity contribution in [2.75, 3.05) is 0 Å². The van der Waals surface area contributed by atoms with Crippen LogP contribution in [0.25, 0.3) is 0 Å². The number of hydrogen-bond acceptors (Lipinski definition) is 4. The molecule has 0 aliphatic heterocycles. The van der Waals surface area contributed by atoms with E-state index in [1.54, 1.807) is 0 Å². The van der Waals surface area contributed by atoms with E-state index in [4.69, 9.17) is 0 Å². The molecule has 0 saturated heterocycles. The van der Waals surface area contributed by atoms with Crippen LogP contribution in [0.4, 0.5) is 0 Å². The third-order valence-corrected chi connectivity index (χ3v) is 3.26. The number of benzene rings is 1. The summed E-state index contributed by atoms with van der Waals surface area (Å²) < 4.78 is 0. The molecule has 0 radical (unpaired) electrons. The lowest BCUT2D eigenvalue weighted by Crippen LogP contribution is -2.28. The monoisotopic (exact) mass is 280 g/mol. The third kappa shape index (κ3) is 6.26. The van der Waals surface area contributed by atoms with Crippen LogP contribution in [0.3, 0.4) is 0 Å². The van der Waals surface area contributed by atoms with Gasteiger partial charge in [0.15, 0.2) is 0 Å². The summed E-state index contributed by atoms with van der Waals surface area (Å²) >= 11 is 0. The van der Waals surface area contributed by atoms with Crippen molar-refractivity contribution in [2.45, 2.75) is 51.1 Å². The van der Waals surface area contributed by atoms with Crippen molar-refractivity contribution in [3.8, 4) is 0 Å². The summed E-state index contributed by atoms with van der Waals surface area (Å²) in [7, 11) is 0. The Morgan fingerprint density at radius 2 is 1.40 bits per heavy atom. The second-order valence-electron chi connectivity index (χ2n) is 4.84. The maximum Gasteiger partial charge on any atom is 0.450 e. The highest BCUT2D eigenvalue weighted by Crippen LogP contribution is 2.11. The molecule has 1 rings (SSSR count). The lowest BCUT2D eigenvalue weighted by molar-refractivity contribution is -0.743. The number of nitro groups is 2. The quantitative estimate of drug-likeness (QED) is 0.284. The fourth-order valence-corrected chi connectivity index (χ4v) is 2.12. The zero-order valence-electron chi connectivity index (χ0n) is 11.4. The van der Waals surface area contributed by atoms with Gasteiger partial charge in [-0.2, -0.15) is 0 Å². The average molecular weight is 280 g/mol. The van der Waals surface area contributed by atoms with Crippen molar-refractivity contribution in [3.05, 3.63) is 56.1 Å². The minimum Gasteiger partial charge on any atom is -0.259 e. The predicted molar refractivity (Wildman–Crippen MR) is 75.6 cm³/mol. The first-order valence-corrected chi connectivity index (χ1v) is 6.92. The molecule has 0 amide bonds. The van der Waals surface area contributed by atoms with E-state index in [0.29, 0.717) is 6.42 Å². The summed E-state index contributed by atoms with van der Waals surface area (Å²) in [6.45, 7) is 0. The predicted octanol–water partition coefficient (Wildman–Crippen LogP) is 3.45. The molecule has 0 atom stereocenters. The fourth-order valence-electron chi connectivity index (χ4n) is 2.12. The smallest absolute Gasteiger partial charge is 0.259 e. The van der Waals surface area contributed by atoms with Crippen LogP contribution in [0, 0.1) is 20.2 Å². The van der Waals surface area contributed by atoms with Crippen LogP contribution in [0.5, 0.6) is 0 Å². The van der Waals surface area contributed by atoms with Crippen molar-refractivity contribution in [1.82, 2.24) is 0 Å². The molecule has 20 heavy (non-hydrogen) atoms. The first kappa shape index (κ1) is 16.1. The zero-order valence-corrected chi connectivity index (χ0v) is 11.4. The molecule has 0 fully saturated rings. The molecule has 6 heteroatoms. The first-order valence-electron chi connectivity index (χ1n) is 6.92. The van der Waals surface area contributed by atoms with Gasteiger partial charge in [-0.1, -0.05) is 49.6 Å². The summed E-state index contributed by atoms with van der Waals surface area (Å²) in [5, 5.41) is 20.9. The van der Waals surface area contributed by atoms with E-state index < -0.39 is 16.0 Å². The van der Waals surface area contributed by atoms with Gasteiger partial charge in [0.05, 0.1) is 16.3 Å². The molecule has 0 spiro atoms. The Kier molecular flexibility index (Phi) is 7.24. The Morgan fingerprint density at radius 3 is 2.00 bits per heavy atom. The molecule has 0 heterocycles. The number of unbranched alkanes of at least 4 members (excludes halogenated alkanes) is 4. The summed E-state index contributed by atoms with van der Waals surface area (Å²) in [4.78, 5) is 19.2.